The second-order valence-corrected chi connectivity index (χ2v) is 6.15. The van der Waals surface area contributed by atoms with E-state index in [0.29, 0.717) is 6.04 Å². The number of hydrogen-bond donors (Lipinski definition) is 2. The fraction of sp³-hybridized carbons (Fsp3) is 0.533. The predicted molar refractivity (Wildman–Crippen MR) is 83.0 cm³/mol. The Kier molecular flexibility index (Phi) is 5.14. The fourth-order valence-electron chi connectivity index (χ4n) is 2.50. The van der Waals surface area contributed by atoms with Gasteiger partial charge in [-0.25, -0.2) is 0 Å². The lowest BCUT2D eigenvalue weighted by molar-refractivity contribution is 0.0928. The standard InChI is InChI=1S/C15H22N2OS/c1-16-12-5-3-11(4-6-12)15(18)17-13-7-9-14(19-2)10-8-13/h3-6,13-14,16H,7-10H2,1-2H3,(H,17,18). The van der Waals surface area contributed by atoms with Crippen LogP contribution < -0.4 is 10.6 Å². The van der Waals surface area contributed by atoms with Gasteiger partial charge < -0.3 is 10.6 Å². The number of carbonyl (C=O) groups is 1. The Bertz CT molecular complexity index is 411. The van der Waals surface area contributed by atoms with E-state index in [-0.39, 0.29) is 5.91 Å². The van der Waals surface area contributed by atoms with Gasteiger partial charge >= 0.3 is 0 Å². The van der Waals surface area contributed by atoms with Crippen LogP contribution in [0.1, 0.15) is 36.0 Å². The maximum Gasteiger partial charge on any atom is 0.251 e. The van der Waals surface area contributed by atoms with Crippen molar-refractivity contribution in [1.29, 1.82) is 0 Å². The van der Waals surface area contributed by atoms with Gasteiger partial charge in [0.2, 0.25) is 0 Å². The number of benzene rings is 1. The van der Waals surface area contributed by atoms with Crippen LogP contribution in [0.15, 0.2) is 24.3 Å². The van der Waals surface area contributed by atoms with Gasteiger partial charge in [0.15, 0.2) is 0 Å². The molecule has 0 aliphatic heterocycles. The van der Waals surface area contributed by atoms with Gasteiger partial charge in [-0.1, -0.05) is 0 Å². The number of nitrogens with one attached hydrogen (secondary N) is 2. The minimum atomic E-state index is 0.0512. The Hall–Kier alpha value is -1.16. The molecule has 0 radical (unpaired) electrons. The fourth-order valence-corrected chi connectivity index (χ4v) is 3.24. The minimum absolute atomic E-state index is 0.0512. The third kappa shape index (κ3) is 3.90. The Morgan fingerprint density at radius 2 is 1.79 bits per heavy atom. The van der Waals surface area contributed by atoms with Crippen LogP contribution in [-0.4, -0.2) is 30.5 Å². The smallest absolute Gasteiger partial charge is 0.251 e. The van der Waals surface area contributed by atoms with Crippen molar-refractivity contribution < 1.29 is 4.79 Å². The Labute approximate surface area is 119 Å². The third-order valence-corrected chi connectivity index (χ3v) is 4.92. The van der Waals surface area contributed by atoms with E-state index in [4.69, 9.17) is 0 Å². The maximum absolute atomic E-state index is 12.1. The summed E-state index contributed by atoms with van der Waals surface area (Å²) in [6.07, 6.45) is 6.81. The normalized spacial score (nSPS) is 22.8. The highest BCUT2D eigenvalue weighted by Gasteiger charge is 2.21. The molecule has 1 saturated carbocycles. The van der Waals surface area contributed by atoms with Crippen molar-refractivity contribution in [2.75, 3.05) is 18.6 Å². The molecule has 3 nitrogen and oxygen atoms in total. The summed E-state index contributed by atoms with van der Waals surface area (Å²) in [4.78, 5) is 12.1. The van der Waals surface area contributed by atoms with E-state index in [9.17, 15) is 4.79 Å². The summed E-state index contributed by atoms with van der Waals surface area (Å²) >= 11 is 1.95. The number of anilines is 1. The predicted octanol–water partition coefficient (Wildman–Crippen LogP) is 3.13. The summed E-state index contributed by atoms with van der Waals surface area (Å²) < 4.78 is 0. The van der Waals surface area contributed by atoms with Crippen molar-refractivity contribution in [2.24, 2.45) is 0 Å². The second-order valence-electron chi connectivity index (χ2n) is 5.01. The van der Waals surface area contributed by atoms with Gasteiger partial charge in [0.05, 0.1) is 0 Å². The number of hydrogen-bond acceptors (Lipinski definition) is 3. The Balaban J connectivity index is 1.87. The molecule has 0 saturated heterocycles. The zero-order valence-corrected chi connectivity index (χ0v) is 12.4. The first-order valence-electron chi connectivity index (χ1n) is 6.84. The molecular weight excluding hydrogens is 256 g/mol. The Morgan fingerprint density at radius 1 is 1.16 bits per heavy atom. The summed E-state index contributed by atoms with van der Waals surface area (Å²) in [5.74, 6) is 0.0512. The highest BCUT2D eigenvalue weighted by molar-refractivity contribution is 7.99. The molecule has 0 atom stereocenters. The molecule has 0 aromatic heterocycles. The SMILES string of the molecule is CNc1ccc(C(=O)NC2CCC(SC)CC2)cc1. The zero-order chi connectivity index (χ0) is 13.7. The van der Waals surface area contributed by atoms with E-state index >= 15 is 0 Å². The summed E-state index contributed by atoms with van der Waals surface area (Å²) in [7, 11) is 1.87. The first-order chi connectivity index (χ1) is 9.22. The summed E-state index contributed by atoms with van der Waals surface area (Å²) in [6.45, 7) is 0. The molecule has 1 aromatic rings. The van der Waals surface area contributed by atoms with Gasteiger partial charge in [-0.2, -0.15) is 11.8 Å². The molecule has 0 bridgehead atoms. The molecular formula is C15H22N2OS. The van der Waals surface area contributed by atoms with Gasteiger partial charge in [-0.3, -0.25) is 4.79 Å². The van der Waals surface area contributed by atoms with E-state index in [1.807, 2.05) is 43.1 Å². The molecule has 19 heavy (non-hydrogen) atoms. The molecule has 1 aliphatic carbocycles. The number of thioether (sulfide) groups is 1. The molecule has 1 amide bonds. The lowest BCUT2D eigenvalue weighted by atomic mass is 9.94. The van der Waals surface area contributed by atoms with Crippen molar-refractivity contribution in [2.45, 2.75) is 37.0 Å². The first kappa shape index (κ1) is 14.3. The first-order valence-corrected chi connectivity index (χ1v) is 8.13. The molecule has 0 heterocycles. The molecule has 1 aromatic carbocycles. The van der Waals surface area contributed by atoms with Crippen LogP contribution in [0.25, 0.3) is 0 Å². The molecule has 4 heteroatoms. The van der Waals surface area contributed by atoms with E-state index in [1.54, 1.807) is 0 Å². The van der Waals surface area contributed by atoms with Crippen molar-refractivity contribution in [3.63, 3.8) is 0 Å². The largest absolute Gasteiger partial charge is 0.388 e. The molecule has 2 N–H and O–H groups in total. The van der Waals surface area contributed by atoms with E-state index < -0.39 is 0 Å². The quantitative estimate of drug-likeness (QED) is 0.889. The summed E-state index contributed by atoms with van der Waals surface area (Å²) in [5.41, 5.74) is 1.77. The molecule has 0 spiro atoms. The van der Waals surface area contributed by atoms with Crippen LogP contribution in [-0.2, 0) is 0 Å². The average molecular weight is 278 g/mol. The van der Waals surface area contributed by atoms with Gasteiger partial charge in [0.25, 0.3) is 5.91 Å². The lowest BCUT2D eigenvalue weighted by Crippen LogP contribution is -2.38. The van der Waals surface area contributed by atoms with Crippen molar-refractivity contribution >= 4 is 23.4 Å². The van der Waals surface area contributed by atoms with E-state index in [2.05, 4.69) is 16.9 Å². The minimum Gasteiger partial charge on any atom is -0.388 e. The van der Waals surface area contributed by atoms with Gasteiger partial charge in [0, 0.05) is 29.6 Å². The van der Waals surface area contributed by atoms with Crippen molar-refractivity contribution in [3.8, 4) is 0 Å². The molecule has 104 valence electrons. The second kappa shape index (κ2) is 6.85. The van der Waals surface area contributed by atoms with Gasteiger partial charge in [0.1, 0.15) is 0 Å². The molecule has 2 rings (SSSR count). The van der Waals surface area contributed by atoms with Gasteiger partial charge in [-0.05, 0) is 56.2 Å². The lowest BCUT2D eigenvalue weighted by Gasteiger charge is -2.28. The van der Waals surface area contributed by atoms with Crippen LogP contribution in [0.5, 0.6) is 0 Å². The zero-order valence-electron chi connectivity index (χ0n) is 11.6. The van der Waals surface area contributed by atoms with Crippen LogP contribution in [0, 0.1) is 0 Å². The van der Waals surface area contributed by atoms with Crippen LogP contribution >= 0.6 is 11.8 Å². The molecule has 1 fully saturated rings. The van der Waals surface area contributed by atoms with Crippen molar-refractivity contribution in [1.82, 2.24) is 5.32 Å². The van der Waals surface area contributed by atoms with E-state index in [1.165, 1.54) is 12.8 Å². The van der Waals surface area contributed by atoms with Crippen LogP contribution in [0.2, 0.25) is 0 Å². The summed E-state index contributed by atoms with van der Waals surface area (Å²) in [5, 5.41) is 6.98. The molecule has 1 aliphatic rings. The highest BCUT2D eigenvalue weighted by Crippen LogP contribution is 2.27. The monoisotopic (exact) mass is 278 g/mol. The maximum atomic E-state index is 12.1. The van der Waals surface area contributed by atoms with Gasteiger partial charge in [-0.15, -0.1) is 0 Å². The van der Waals surface area contributed by atoms with E-state index in [0.717, 1.165) is 29.3 Å². The average Bonchev–Trinajstić information content (AvgIpc) is 2.48. The number of rotatable bonds is 4. The highest BCUT2D eigenvalue weighted by atomic mass is 32.2. The summed E-state index contributed by atoms with van der Waals surface area (Å²) in [6, 6.07) is 7.95. The van der Waals surface area contributed by atoms with Crippen molar-refractivity contribution in [3.05, 3.63) is 29.8 Å². The topological polar surface area (TPSA) is 41.1 Å². The Morgan fingerprint density at radius 3 is 2.32 bits per heavy atom. The van der Waals surface area contributed by atoms with Crippen LogP contribution in [0.4, 0.5) is 5.69 Å². The van der Waals surface area contributed by atoms with Crippen LogP contribution in [0.3, 0.4) is 0 Å². The number of amides is 1. The molecule has 0 unspecified atom stereocenters. The number of carbonyl (C=O) groups excluding carboxylic acids is 1. The third-order valence-electron chi connectivity index (χ3n) is 3.78.